The molecule has 0 radical (unpaired) electrons. The summed E-state index contributed by atoms with van der Waals surface area (Å²) >= 11 is 0. The zero-order valence-electron chi connectivity index (χ0n) is 18.3. The second kappa shape index (κ2) is 7.80. The molecule has 0 aromatic heterocycles. The van der Waals surface area contributed by atoms with Crippen molar-refractivity contribution in [1.29, 1.82) is 0 Å². The Bertz CT molecular complexity index is 750. The van der Waals surface area contributed by atoms with E-state index >= 15 is 0 Å². The lowest BCUT2D eigenvalue weighted by atomic mass is 9.76. The lowest BCUT2D eigenvalue weighted by Crippen LogP contribution is -2.41. The van der Waals surface area contributed by atoms with Gasteiger partial charge >= 0.3 is 13.2 Å². The molecule has 0 aliphatic carbocycles. The van der Waals surface area contributed by atoms with Crippen LogP contribution in [0.15, 0.2) is 23.7 Å². The Labute approximate surface area is 168 Å². The summed E-state index contributed by atoms with van der Waals surface area (Å²) in [6.07, 6.45) is 1.48. The Balaban J connectivity index is 2.30. The quantitative estimate of drug-likeness (QED) is 0.599. The molecule has 1 amide bonds. The van der Waals surface area contributed by atoms with Gasteiger partial charge in [-0.2, -0.15) is 0 Å². The fraction of sp³-hybridized carbons (Fsp3) is 0.571. The van der Waals surface area contributed by atoms with Crippen LogP contribution in [0.25, 0.3) is 6.08 Å². The lowest BCUT2D eigenvalue weighted by molar-refractivity contribution is 0.00578. The number of alkyl carbamates (subject to hydrolysis) is 1. The fourth-order valence-corrected chi connectivity index (χ4v) is 2.71. The minimum absolute atomic E-state index is 0.236. The van der Waals surface area contributed by atoms with Crippen molar-refractivity contribution >= 4 is 25.0 Å². The minimum atomic E-state index is -0.583. The van der Waals surface area contributed by atoms with Gasteiger partial charge in [-0.15, -0.1) is 0 Å². The first kappa shape index (κ1) is 22.3. The van der Waals surface area contributed by atoms with Crippen LogP contribution in [-0.4, -0.2) is 36.6 Å². The summed E-state index contributed by atoms with van der Waals surface area (Å²) in [6.45, 7) is 15.7. The van der Waals surface area contributed by atoms with Crippen LogP contribution in [0.3, 0.4) is 0 Å². The summed E-state index contributed by atoms with van der Waals surface area (Å²) in [4.78, 5) is 12.1. The van der Waals surface area contributed by atoms with Crippen molar-refractivity contribution in [3.05, 3.63) is 34.8 Å². The number of hydrogen-bond donors (Lipinski definition) is 2. The predicted molar refractivity (Wildman–Crippen MR) is 114 cm³/mol. The van der Waals surface area contributed by atoms with Crippen LogP contribution in [0.4, 0.5) is 10.5 Å². The van der Waals surface area contributed by atoms with Gasteiger partial charge in [-0.1, -0.05) is 18.2 Å². The predicted octanol–water partition coefficient (Wildman–Crippen LogP) is 4.12. The molecule has 1 heterocycles. The topological polar surface area (TPSA) is 82.8 Å². The van der Waals surface area contributed by atoms with Crippen molar-refractivity contribution in [3.63, 3.8) is 0 Å². The Morgan fingerprint density at radius 1 is 1.21 bits per heavy atom. The Morgan fingerprint density at radius 3 is 2.32 bits per heavy atom. The molecule has 1 aromatic rings. The van der Waals surface area contributed by atoms with Crippen LogP contribution in [0.2, 0.25) is 0 Å². The molecule has 7 heteroatoms. The Hall–Kier alpha value is -1.99. The average molecular weight is 388 g/mol. The van der Waals surface area contributed by atoms with E-state index in [1.54, 1.807) is 0 Å². The minimum Gasteiger partial charge on any atom is -0.444 e. The van der Waals surface area contributed by atoms with Gasteiger partial charge in [-0.3, -0.25) is 0 Å². The molecule has 28 heavy (non-hydrogen) atoms. The highest BCUT2D eigenvalue weighted by Gasteiger charge is 2.52. The van der Waals surface area contributed by atoms with Crippen molar-refractivity contribution in [2.24, 2.45) is 0 Å². The van der Waals surface area contributed by atoms with Crippen molar-refractivity contribution in [2.45, 2.75) is 72.2 Å². The fourth-order valence-electron chi connectivity index (χ4n) is 2.71. The second-order valence-electron chi connectivity index (χ2n) is 9.22. The molecule has 1 saturated heterocycles. The molecule has 154 valence electrons. The van der Waals surface area contributed by atoms with Gasteiger partial charge in [0.25, 0.3) is 0 Å². The first-order valence-electron chi connectivity index (χ1n) is 9.60. The molecule has 1 aliphatic rings. The van der Waals surface area contributed by atoms with Gasteiger partial charge in [-0.05, 0) is 78.1 Å². The van der Waals surface area contributed by atoms with Crippen molar-refractivity contribution < 1.29 is 18.8 Å². The highest BCUT2D eigenvalue weighted by Crippen LogP contribution is 2.39. The molecule has 1 aromatic carbocycles. The van der Waals surface area contributed by atoms with Crippen LogP contribution in [0.5, 0.6) is 0 Å². The third-order valence-electron chi connectivity index (χ3n) is 5.15. The van der Waals surface area contributed by atoms with E-state index in [0.29, 0.717) is 5.69 Å². The van der Waals surface area contributed by atoms with Crippen molar-refractivity contribution in [2.75, 3.05) is 12.3 Å². The molecule has 2 rings (SSSR count). The number of hydrogen-bond acceptors (Lipinski definition) is 5. The normalized spacial score (nSPS) is 18.9. The summed E-state index contributed by atoms with van der Waals surface area (Å²) < 4.78 is 17.7. The zero-order valence-corrected chi connectivity index (χ0v) is 18.3. The van der Waals surface area contributed by atoms with E-state index in [2.05, 4.69) is 5.32 Å². The molecular formula is C21H33BN2O4. The monoisotopic (exact) mass is 388 g/mol. The number of ether oxygens (including phenoxy) is 1. The van der Waals surface area contributed by atoms with Crippen molar-refractivity contribution in [3.8, 4) is 0 Å². The number of benzene rings is 1. The highest BCUT2D eigenvalue weighted by atomic mass is 16.7. The summed E-state index contributed by atoms with van der Waals surface area (Å²) in [5, 5.41) is 2.80. The molecule has 0 bridgehead atoms. The lowest BCUT2D eigenvalue weighted by Gasteiger charge is -2.32. The third-order valence-corrected chi connectivity index (χ3v) is 5.15. The van der Waals surface area contributed by atoms with E-state index < -0.39 is 30.0 Å². The SMILES string of the molecule is Cc1c(N)cccc1C=C(CNC(=O)OC(C)(C)C)B1OC(C)(C)C(C)(C)O1. The van der Waals surface area contributed by atoms with Gasteiger partial charge in [0.2, 0.25) is 0 Å². The number of nitrogens with one attached hydrogen (secondary N) is 1. The van der Waals surface area contributed by atoms with Crippen LogP contribution in [-0.2, 0) is 14.0 Å². The molecule has 0 unspecified atom stereocenters. The number of carbonyl (C=O) groups excluding carboxylic acids is 1. The molecule has 0 atom stereocenters. The zero-order chi connectivity index (χ0) is 21.3. The Morgan fingerprint density at radius 2 is 1.79 bits per heavy atom. The standard InChI is InChI=1S/C21H33BN2O4/c1-14-15(10-9-11-17(14)23)12-16(13-24-18(25)26-19(2,3)4)22-27-20(5,6)21(7,8)28-22/h9-12H,13,23H2,1-8H3,(H,24,25). The number of carbonyl (C=O) groups is 1. The van der Waals surface area contributed by atoms with E-state index in [1.807, 2.05) is 79.7 Å². The Kier molecular flexibility index (Phi) is 6.21. The van der Waals surface area contributed by atoms with Gasteiger partial charge in [0.15, 0.2) is 0 Å². The van der Waals surface area contributed by atoms with E-state index in [-0.39, 0.29) is 6.54 Å². The van der Waals surface area contributed by atoms with Gasteiger partial charge in [-0.25, -0.2) is 4.79 Å². The highest BCUT2D eigenvalue weighted by molar-refractivity contribution is 6.56. The third kappa shape index (κ3) is 5.29. The summed E-state index contributed by atoms with van der Waals surface area (Å²) in [5.41, 5.74) is 7.94. The maximum atomic E-state index is 12.1. The number of nitrogens with two attached hydrogens (primary N) is 1. The molecule has 6 nitrogen and oxygen atoms in total. The maximum absolute atomic E-state index is 12.1. The molecule has 1 fully saturated rings. The van der Waals surface area contributed by atoms with Crippen LogP contribution in [0, 0.1) is 6.92 Å². The van der Waals surface area contributed by atoms with Crippen LogP contribution < -0.4 is 11.1 Å². The van der Waals surface area contributed by atoms with E-state index in [4.69, 9.17) is 19.8 Å². The van der Waals surface area contributed by atoms with E-state index in [1.165, 1.54) is 0 Å². The van der Waals surface area contributed by atoms with Gasteiger partial charge in [0.1, 0.15) is 5.60 Å². The molecule has 1 aliphatic heterocycles. The number of nitrogen functional groups attached to an aromatic ring is 1. The first-order chi connectivity index (χ1) is 12.7. The largest absolute Gasteiger partial charge is 0.492 e. The smallest absolute Gasteiger partial charge is 0.444 e. The van der Waals surface area contributed by atoms with Gasteiger partial charge < -0.3 is 25.1 Å². The first-order valence-corrected chi connectivity index (χ1v) is 9.60. The maximum Gasteiger partial charge on any atom is 0.492 e. The summed E-state index contributed by atoms with van der Waals surface area (Å²) in [6, 6.07) is 5.74. The molecule has 0 saturated carbocycles. The second-order valence-corrected chi connectivity index (χ2v) is 9.22. The van der Waals surface area contributed by atoms with Crippen LogP contribution >= 0.6 is 0 Å². The molecule has 3 N–H and O–H groups in total. The number of rotatable bonds is 4. The molecular weight excluding hydrogens is 355 g/mol. The summed E-state index contributed by atoms with van der Waals surface area (Å²) in [5.74, 6) is 0. The molecule has 0 spiro atoms. The van der Waals surface area contributed by atoms with Gasteiger partial charge in [0, 0.05) is 12.2 Å². The van der Waals surface area contributed by atoms with Crippen molar-refractivity contribution in [1.82, 2.24) is 5.32 Å². The van der Waals surface area contributed by atoms with Crippen LogP contribution in [0.1, 0.15) is 59.6 Å². The average Bonchev–Trinajstić information content (AvgIpc) is 2.74. The van der Waals surface area contributed by atoms with E-state index in [0.717, 1.165) is 16.6 Å². The summed E-state index contributed by atoms with van der Waals surface area (Å²) in [7, 11) is -0.583. The number of amides is 1. The van der Waals surface area contributed by atoms with E-state index in [9.17, 15) is 4.79 Å². The number of anilines is 1. The van der Waals surface area contributed by atoms with Gasteiger partial charge in [0.05, 0.1) is 11.2 Å².